The van der Waals surface area contributed by atoms with Gasteiger partial charge < -0.3 is 10.2 Å². The summed E-state index contributed by atoms with van der Waals surface area (Å²) in [5.74, 6) is 0.530. The Hall–Kier alpha value is -2.88. The fourth-order valence-electron chi connectivity index (χ4n) is 3.32. The number of carbonyl (C=O) groups excluding carboxylic acids is 2. The van der Waals surface area contributed by atoms with Crippen LogP contribution in [-0.2, 0) is 16.1 Å². The molecule has 0 aromatic heterocycles. The lowest BCUT2D eigenvalue weighted by Crippen LogP contribution is -2.35. The van der Waals surface area contributed by atoms with Crippen LogP contribution >= 0.6 is 0 Å². The largest absolute Gasteiger partial charge is 0.356 e. The van der Waals surface area contributed by atoms with Gasteiger partial charge >= 0.3 is 0 Å². The van der Waals surface area contributed by atoms with E-state index >= 15 is 0 Å². The molecule has 0 aliphatic carbocycles. The van der Waals surface area contributed by atoms with E-state index in [0.717, 1.165) is 28.8 Å². The topological polar surface area (TPSA) is 49.4 Å². The van der Waals surface area contributed by atoms with Crippen molar-refractivity contribution in [2.24, 2.45) is 5.92 Å². The summed E-state index contributed by atoms with van der Waals surface area (Å²) in [5.41, 5.74) is 4.16. The minimum atomic E-state index is 0.0155. The summed E-state index contributed by atoms with van der Waals surface area (Å²) >= 11 is 0. The van der Waals surface area contributed by atoms with Crippen LogP contribution in [0.15, 0.2) is 48.5 Å². The third-order valence-corrected chi connectivity index (χ3v) is 4.96. The van der Waals surface area contributed by atoms with Crippen LogP contribution in [0.5, 0.6) is 0 Å². The summed E-state index contributed by atoms with van der Waals surface area (Å²) in [6.45, 7) is 5.09. The normalized spacial score (nSPS) is 12.8. The molecule has 1 aliphatic heterocycles. The lowest BCUT2D eigenvalue weighted by molar-refractivity contribution is -0.121. The summed E-state index contributed by atoms with van der Waals surface area (Å²) in [5, 5.41) is 2.88. The molecule has 0 atom stereocenters. The number of para-hydroxylation sites is 1. The second-order valence-corrected chi connectivity index (χ2v) is 7.60. The highest BCUT2D eigenvalue weighted by molar-refractivity contribution is 5.97. The van der Waals surface area contributed by atoms with Crippen molar-refractivity contribution < 1.29 is 9.59 Å². The molecule has 1 N–H and O–H groups in total. The molecule has 1 heterocycles. The first-order chi connectivity index (χ1) is 13.5. The van der Waals surface area contributed by atoms with Gasteiger partial charge in [0.05, 0.1) is 12.2 Å². The molecule has 0 bridgehead atoms. The molecule has 0 fully saturated rings. The Kier molecular flexibility index (Phi) is 6.64. The van der Waals surface area contributed by atoms with Gasteiger partial charge in [0.1, 0.15) is 0 Å². The minimum absolute atomic E-state index is 0.0155. The van der Waals surface area contributed by atoms with Crippen molar-refractivity contribution in [2.45, 2.75) is 39.7 Å². The maximum atomic E-state index is 13.0. The van der Waals surface area contributed by atoms with E-state index in [-0.39, 0.29) is 18.2 Å². The number of nitrogens with zero attached hydrogens (tertiary/aromatic N) is 1. The number of rotatable bonds is 6. The van der Waals surface area contributed by atoms with Crippen LogP contribution in [0.25, 0.3) is 12.2 Å². The molecule has 0 spiro atoms. The summed E-state index contributed by atoms with van der Waals surface area (Å²) in [6.07, 6.45) is 5.82. The van der Waals surface area contributed by atoms with Crippen LogP contribution in [0.4, 0.5) is 5.69 Å². The molecule has 2 aromatic carbocycles. The van der Waals surface area contributed by atoms with Crippen molar-refractivity contribution in [3.8, 4) is 0 Å². The number of benzene rings is 2. The monoisotopic (exact) mass is 376 g/mol. The van der Waals surface area contributed by atoms with Gasteiger partial charge in [0, 0.05) is 19.4 Å². The second-order valence-electron chi connectivity index (χ2n) is 7.60. The van der Waals surface area contributed by atoms with Crippen LogP contribution in [-0.4, -0.2) is 18.4 Å². The summed E-state index contributed by atoms with van der Waals surface area (Å²) < 4.78 is 0. The van der Waals surface area contributed by atoms with Crippen LogP contribution < -0.4 is 10.2 Å². The number of hydrogen-bond donors (Lipinski definition) is 1. The predicted octanol–water partition coefficient (Wildman–Crippen LogP) is 4.65. The zero-order chi connectivity index (χ0) is 19.9. The number of fused-ring (bicyclic) bond motifs is 2. The second kappa shape index (κ2) is 9.36. The molecule has 2 aromatic rings. The zero-order valence-electron chi connectivity index (χ0n) is 16.7. The molecule has 0 saturated carbocycles. The molecule has 1 aliphatic rings. The van der Waals surface area contributed by atoms with E-state index in [0.29, 0.717) is 25.4 Å². The third-order valence-electron chi connectivity index (χ3n) is 4.96. The van der Waals surface area contributed by atoms with E-state index in [1.807, 2.05) is 41.3 Å². The van der Waals surface area contributed by atoms with E-state index in [4.69, 9.17) is 0 Å². The fourth-order valence-corrected chi connectivity index (χ4v) is 3.32. The van der Waals surface area contributed by atoms with Gasteiger partial charge in [0.15, 0.2) is 0 Å². The number of amides is 2. The van der Waals surface area contributed by atoms with Crippen molar-refractivity contribution >= 4 is 29.7 Å². The highest BCUT2D eigenvalue weighted by Crippen LogP contribution is 2.29. The highest BCUT2D eigenvalue weighted by Gasteiger charge is 2.20. The molecule has 3 rings (SSSR count). The Morgan fingerprint density at radius 2 is 1.64 bits per heavy atom. The molecular formula is C24H28N2O2. The molecular weight excluding hydrogens is 348 g/mol. The van der Waals surface area contributed by atoms with Gasteiger partial charge in [-0.15, -0.1) is 0 Å². The van der Waals surface area contributed by atoms with E-state index < -0.39 is 0 Å². The molecule has 0 saturated heterocycles. The number of nitrogens with one attached hydrogen (secondary N) is 1. The Bertz CT molecular complexity index is 870. The lowest BCUT2D eigenvalue weighted by atomic mass is 10.0. The van der Waals surface area contributed by atoms with Gasteiger partial charge in [0.2, 0.25) is 11.8 Å². The van der Waals surface area contributed by atoms with E-state index in [2.05, 4.69) is 43.4 Å². The molecule has 0 unspecified atom stereocenters. The van der Waals surface area contributed by atoms with Crippen molar-refractivity contribution in [2.75, 3.05) is 11.4 Å². The fraction of sp³-hybridized carbons (Fsp3) is 0.333. The number of anilines is 1. The minimum Gasteiger partial charge on any atom is -0.356 e. The van der Waals surface area contributed by atoms with Gasteiger partial charge in [-0.25, -0.2) is 0 Å². The van der Waals surface area contributed by atoms with Crippen molar-refractivity contribution in [3.63, 3.8) is 0 Å². The third kappa shape index (κ3) is 5.10. The van der Waals surface area contributed by atoms with E-state index in [1.54, 1.807) is 0 Å². The zero-order valence-corrected chi connectivity index (χ0v) is 16.7. The molecule has 2 amide bonds. The lowest BCUT2D eigenvalue weighted by Gasteiger charge is -2.27. The smallest absolute Gasteiger partial charge is 0.229 e. The maximum Gasteiger partial charge on any atom is 0.229 e. The quantitative estimate of drug-likeness (QED) is 0.798. The van der Waals surface area contributed by atoms with Gasteiger partial charge in [-0.1, -0.05) is 68.5 Å². The van der Waals surface area contributed by atoms with E-state index in [9.17, 15) is 9.59 Å². The first-order valence-corrected chi connectivity index (χ1v) is 9.96. The average molecular weight is 377 g/mol. The number of hydrogen-bond acceptors (Lipinski definition) is 2. The molecule has 146 valence electrons. The first kappa shape index (κ1) is 19.9. The van der Waals surface area contributed by atoms with Gasteiger partial charge in [-0.05, 0) is 35.1 Å². The van der Waals surface area contributed by atoms with Crippen molar-refractivity contribution in [3.05, 3.63) is 65.2 Å². The van der Waals surface area contributed by atoms with Crippen LogP contribution in [0.1, 0.15) is 49.8 Å². The average Bonchev–Trinajstić information content (AvgIpc) is 2.68. The Labute approximate surface area is 167 Å². The number of carbonyl (C=O) groups is 2. The van der Waals surface area contributed by atoms with E-state index in [1.165, 1.54) is 0 Å². The van der Waals surface area contributed by atoms with Gasteiger partial charge in [-0.2, -0.15) is 0 Å². The highest BCUT2D eigenvalue weighted by atomic mass is 16.2. The molecule has 4 nitrogen and oxygen atoms in total. The van der Waals surface area contributed by atoms with Crippen molar-refractivity contribution in [1.29, 1.82) is 0 Å². The van der Waals surface area contributed by atoms with Gasteiger partial charge in [-0.3, -0.25) is 9.59 Å². The Balaban J connectivity index is 1.72. The molecule has 28 heavy (non-hydrogen) atoms. The Morgan fingerprint density at radius 1 is 0.964 bits per heavy atom. The SMILES string of the molecule is CC(C)CCC(=O)NCCC(=O)N1Cc2ccccc2C=Cc2ccccc21. The van der Waals surface area contributed by atoms with Crippen LogP contribution in [0, 0.1) is 5.92 Å². The summed E-state index contributed by atoms with van der Waals surface area (Å²) in [6, 6.07) is 16.1. The Morgan fingerprint density at radius 3 is 2.43 bits per heavy atom. The van der Waals surface area contributed by atoms with Crippen LogP contribution in [0.2, 0.25) is 0 Å². The summed E-state index contributed by atoms with van der Waals surface area (Å²) in [7, 11) is 0. The van der Waals surface area contributed by atoms with Gasteiger partial charge in [0.25, 0.3) is 0 Å². The first-order valence-electron chi connectivity index (χ1n) is 9.96. The molecule has 0 radical (unpaired) electrons. The standard InChI is InChI=1S/C24H28N2O2/c1-18(2)11-14-23(27)25-16-15-24(28)26-17-21-9-4-3-7-19(21)12-13-20-8-5-6-10-22(20)26/h3-10,12-13,18H,11,14-17H2,1-2H3,(H,25,27). The maximum absolute atomic E-state index is 13.0. The summed E-state index contributed by atoms with van der Waals surface area (Å²) in [4.78, 5) is 26.8. The van der Waals surface area contributed by atoms with Crippen molar-refractivity contribution in [1.82, 2.24) is 5.32 Å². The predicted molar refractivity (Wildman–Crippen MR) is 115 cm³/mol. The van der Waals surface area contributed by atoms with Crippen LogP contribution in [0.3, 0.4) is 0 Å². The molecule has 4 heteroatoms.